The smallest absolute Gasteiger partial charge is 0.407 e. The highest BCUT2D eigenvalue weighted by atomic mass is 35.5. The summed E-state index contributed by atoms with van der Waals surface area (Å²) >= 11 is 7.61. The third-order valence-electron chi connectivity index (χ3n) is 4.70. The van der Waals surface area contributed by atoms with Crippen LogP contribution in [0.5, 0.6) is 0 Å². The van der Waals surface area contributed by atoms with E-state index in [4.69, 9.17) is 16.3 Å². The molecule has 1 aliphatic heterocycles. The summed E-state index contributed by atoms with van der Waals surface area (Å²) in [6.07, 6.45) is -0.453. The molecule has 0 unspecified atom stereocenters. The molecule has 1 fully saturated rings. The third-order valence-corrected chi connectivity index (χ3v) is 5.92. The first kappa shape index (κ1) is 22.6. The molecule has 1 aromatic carbocycles. The average molecular weight is 450 g/mol. The van der Waals surface area contributed by atoms with E-state index < -0.39 is 11.7 Å². The highest BCUT2D eigenvalue weighted by molar-refractivity contribution is 7.16. The lowest BCUT2D eigenvalue weighted by atomic mass is 10.1. The van der Waals surface area contributed by atoms with E-state index in [0.29, 0.717) is 25.2 Å². The number of hydrogen-bond donors (Lipinski definition) is 1. The maximum atomic E-state index is 12.8. The van der Waals surface area contributed by atoms with Gasteiger partial charge in [-0.25, -0.2) is 4.79 Å². The summed E-state index contributed by atoms with van der Waals surface area (Å²) in [5.41, 5.74) is 1.05. The Morgan fingerprint density at radius 1 is 1.07 bits per heavy atom. The third kappa shape index (κ3) is 6.72. The van der Waals surface area contributed by atoms with Gasteiger partial charge in [-0.15, -0.1) is 11.3 Å². The minimum absolute atomic E-state index is 0.0421. The molecule has 0 atom stereocenters. The number of benzene rings is 1. The number of thiophene rings is 1. The molecular formula is C22H28ClN3O3S. The summed E-state index contributed by atoms with van der Waals surface area (Å²) in [4.78, 5) is 30.0. The quantitative estimate of drug-likeness (QED) is 0.735. The highest BCUT2D eigenvalue weighted by Crippen LogP contribution is 2.23. The van der Waals surface area contributed by atoms with Crippen LogP contribution in [0, 0.1) is 0 Å². The van der Waals surface area contributed by atoms with Gasteiger partial charge in [0.15, 0.2) is 0 Å². The van der Waals surface area contributed by atoms with E-state index in [1.165, 1.54) is 4.88 Å². The van der Waals surface area contributed by atoms with Gasteiger partial charge in [-0.1, -0.05) is 23.7 Å². The fourth-order valence-electron chi connectivity index (χ4n) is 3.20. The molecule has 2 aromatic rings. The number of nitrogens with one attached hydrogen (secondary N) is 1. The van der Waals surface area contributed by atoms with Crippen LogP contribution in [0.25, 0.3) is 0 Å². The number of amides is 2. The second-order valence-electron chi connectivity index (χ2n) is 8.33. The van der Waals surface area contributed by atoms with Gasteiger partial charge in [0.2, 0.25) is 0 Å². The Kier molecular flexibility index (Phi) is 7.39. The van der Waals surface area contributed by atoms with Crippen LogP contribution in [0.4, 0.5) is 4.79 Å². The zero-order valence-corrected chi connectivity index (χ0v) is 19.2. The van der Waals surface area contributed by atoms with Crippen LogP contribution >= 0.6 is 22.9 Å². The van der Waals surface area contributed by atoms with E-state index >= 15 is 0 Å². The van der Waals surface area contributed by atoms with Crippen LogP contribution < -0.4 is 5.32 Å². The SMILES string of the molecule is CC(C)(C)OC(=O)NCc1ccc(C(=O)N2CCN(Cc3ccc(Cl)s3)CC2)cc1. The van der Waals surface area contributed by atoms with Gasteiger partial charge in [0, 0.05) is 49.7 Å². The molecule has 162 valence electrons. The van der Waals surface area contributed by atoms with Crippen molar-refractivity contribution in [2.45, 2.75) is 39.5 Å². The summed E-state index contributed by atoms with van der Waals surface area (Å²) < 4.78 is 6.04. The zero-order valence-electron chi connectivity index (χ0n) is 17.6. The van der Waals surface area contributed by atoms with Crippen molar-refractivity contribution in [2.24, 2.45) is 0 Å². The summed E-state index contributed by atoms with van der Waals surface area (Å²) in [6, 6.07) is 11.3. The lowest BCUT2D eigenvalue weighted by Gasteiger charge is -2.34. The van der Waals surface area contributed by atoms with Crippen molar-refractivity contribution < 1.29 is 14.3 Å². The number of nitrogens with zero attached hydrogens (tertiary/aromatic N) is 2. The van der Waals surface area contributed by atoms with E-state index in [9.17, 15) is 9.59 Å². The predicted molar refractivity (Wildman–Crippen MR) is 120 cm³/mol. The molecule has 0 saturated carbocycles. The number of ether oxygens (including phenoxy) is 1. The van der Waals surface area contributed by atoms with Gasteiger partial charge in [0.25, 0.3) is 5.91 Å². The van der Waals surface area contributed by atoms with E-state index in [2.05, 4.69) is 16.3 Å². The van der Waals surface area contributed by atoms with Crippen molar-refractivity contribution in [1.29, 1.82) is 0 Å². The Morgan fingerprint density at radius 3 is 2.30 bits per heavy atom. The molecule has 0 bridgehead atoms. The molecule has 0 aliphatic carbocycles. The number of hydrogen-bond acceptors (Lipinski definition) is 5. The average Bonchev–Trinajstić information content (AvgIpc) is 3.10. The van der Waals surface area contributed by atoms with Gasteiger partial charge in [-0.3, -0.25) is 9.69 Å². The van der Waals surface area contributed by atoms with Gasteiger partial charge in [-0.2, -0.15) is 0 Å². The van der Waals surface area contributed by atoms with E-state index in [1.807, 2.05) is 56.0 Å². The number of carbonyl (C=O) groups excluding carboxylic acids is 2. The maximum Gasteiger partial charge on any atom is 0.407 e. The summed E-state index contributed by atoms with van der Waals surface area (Å²) in [6.45, 7) is 9.81. The first-order valence-electron chi connectivity index (χ1n) is 10.0. The van der Waals surface area contributed by atoms with Crippen LogP contribution in [-0.2, 0) is 17.8 Å². The lowest BCUT2D eigenvalue weighted by molar-refractivity contribution is 0.0522. The van der Waals surface area contributed by atoms with Gasteiger partial charge in [0.05, 0.1) is 4.34 Å². The van der Waals surface area contributed by atoms with Crippen molar-refractivity contribution in [1.82, 2.24) is 15.1 Å². The summed E-state index contributed by atoms with van der Waals surface area (Å²) in [7, 11) is 0. The first-order chi connectivity index (χ1) is 14.2. The Bertz CT molecular complexity index is 868. The molecular weight excluding hydrogens is 422 g/mol. The molecule has 2 amide bonds. The Hall–Kier alpha value is -2.09. The van der Waals surface area contributed by atoms with Crippen molar-refractivity contribution in [3.8, 4) is 0 Å². The van der Waals surface area contributed by atoms with Crippen LogP contribution in [0.3, 0.4) is 0 Å². The molecule has 1 aliphatic rings. The lowest BCUT2D eigenvalue weighted by Crippen LogP contribution is -2.48. The predicted octanol–water partition coefficient (Wildman–Crippen LogP) is 4.38. The van der Waals surface area contributed by atoms with E-state index in [-0.39, 0.29) is 5.91 Å². The van der Waals surface area contributed by atoms with Crippen molar-refractivity contribution in [3.05, 3.63) is 56.7 Å². The van der Waals surface area contributed by atoms with Gasteiger partial charge < -0.3 is 15.0 Å². The topological polar surface area (TPSA) is 61.9 Å². The van der Waals surface area contributed by atoms with Crippen LogP contribution in [0.2, 0.25) is 4.34 Å². The number of carbonyl (C=O) groups is 2. The zero-order chi connectivity index (χ0) is 21.7. The molecule has 8 heteroatoms. The molecule has 0 radical (unpaired) electrons. The molecule has 1 aromatic heterocycles. The minimum Gasteiger partial charge on any atom is -0.444 e. The molecule has 1 N–H and O–H groups in total. The summed E-state index contributed by atoms with van der Waals surface area (Å²) in [5, 5.41) is 2.72. The second-order valence-corrected chi connectivity index (χ2v) is 10.1. The normalized spacial score (nSPS) is 15.1. The Labute approximate surface area is 186 Å². The molecule has 3 rings (SSSR count). The van der Waals surface area contributed by atoms with Crippen LogP contribution in [-0.4, -0.2) is 53.6 Å². The number of piperazine rings is 1. The Balaban J connectivity index is 1.46. The van der Waals surface area contributed by atoms with Gasteiger partial charge in [-0.05, 0) is 50.6 Å². The number of halogens is 1. The molecule has 6 nitrogen and oxygen atoms in total. The van der Waals surface area contributed by atoms with Gasteiger partial charge in [0.1, 0.15) is 5.60 Å². The second kappa shape index (κ2) is 9.81. The van der Waals surface area contributed by atoms with E-state index in [1.54, 1.807) is 11.3 Å². The standard InChI is InChI=1S/C22H28ClN3O3S/c1-22(2,3)29-21(28)24-14-16-4-6-17(7-5-16)20(27)26-12-10-25(11-13-26)15-18-8-9-19(23)30-18/h4-9H,10-15H2,1-3H3,(H,24,28). The largest absolute Gasteiger partial charge is 0.444 e. The highest BCUT2D eigenvalue weighted by Gasteiger charge is 2.22. The fraction of sp³-hybridized carbons (Fsp3) is 0.455. The first-order valence-corrected chi connectivity index (χ1v) is 11.2. The van der Waals surface area contributed by atoms with Crippen molar-refractivity contribution in [2.75, 3.05) is 26.2 Å². The van der Waals surface area contributed by atoms with Crippen molar-refractivity contribution in [3.63, 3.8) is 0 Å². The summed E-state index contributed by atoms with van der Waals surface area (Å²) in [5.74, 6) is 0.0421. The minimum atomic E-state index is -0.527. The Morgan fingerprint density at radius 2 is 1.73 bits per heavy atom. The maximum absolute atomic E-state index is 12.8. The number of rotatable bonds is 5. The van der Waals surface area contributed by atoms with E-state index in [0.717, 1.165) is 29.5 Å². The fourth-order valence-corrected chi connectivity index (χ4v) is 4.33. The molecule has 2 heterocycles. The molecule has 30 heavy (non-hydrogen) atoms. The molecule has 1 saturated heterocycles. The van der Waals surface area contributed by atoms with Crippen LogP contribution in [0.1, 0.15) is 41.6 Å². The monoisotopic (exact) mass is 449 g/mol. The number of alkyl carbamates (subject to hydrolysis) is 1. The van der Waals surface area contributed by atoms with Crippen molar-refractivity contribution >= 4 is 34.9 Å². The molecule has 0 spiro atoms. The van der Waals surface area contributed by atoms with Gasteiger partial charge >= 0.3 is 6.09 Å². The van der Waals surface area contributed by atoms with Crippen LogP contribution in [0.15, 0.2) is 36.4 Å².